The summed E-state index contributed by atoms with van der Waals surface area (Å²) in [5.74, 6) is -1.94. The second kappa shape index (κ2) is 7.97. The molecule has 1 amide bonds. The molecule has 3 aromatic rings. The molecular weight excluding hydrogens is 420 g/mol. The number of anilines is 1. The van der Waals surface area contributed by atoms with Crippen molar-refractivity contribution < 1.29 is 22.0 Å². The molecule has 0 aliphatic carbocycles. The van der Waals surface area contributed by atoms with Crippen LogP contribution in [0.2, 0.25) is 0 Å². The van der Waals surface area contributed by atoms with Crippen LogP contribution in [-0.2, 0) is 10.0 Å². The van der Waals surface area contributed by atoms with E-state index in [4.69, 9.17) is 0 Å². The average Bonchev–Trinajstić information content (AvgIpc) is 3.02. The van der Waals surface area contributed by atoms with E-state index < -0.39 is 26.6 Å². The van der Waals surface area contributed by atoms with Crippen molar-refractivity contribution in [1.29, 1.82) is 0 Å². The lowest BCUT2D eigenvalue weighted by atomic mass is 10.1. The molecule has 1 N–H and O–H groups in total. The molecule has 0 spiro atoms. The van der Waals surface area contributed by atoms with Gasteiger partial charge in [0.2, 0.25) is 10.0 Å². The number of nitrogens with zero attached hydrogens (tertiary/aromatic N) is 2. The molecule has 2 aromatic carbocycles. The highest BCUT2D eigenvalue weighted by Crippen LogP contribution is 2.31. The molecule has 0 aliphatic heterocycles. The van der Waals surface area contributed by atoms with Gasteiger partial charge in [-0.3, -0.25) is 10.1 Å². The number of nitrogens with one attached hydrogen (secondary N) is 1. The third-order valence-corrected chi connectivity index (χ3v) is 6.80. The standard InChI is InChI=1S/C19H17F2N3O3S2/c1-11-17(12-4-7-14(20)8-5-12)22-19(28-11)23-18(25)13-6-9-15(21)16(10-13)29(26,27)24(2)3/h4-10H,1-3H3,(H,22,23,25). The Bertz CT molecular complexity index is 1170. The maximum atomic E-state index is 14.0. The van der Waals surface area contributed by atoms with Crippen LogP contribution in [0.5, 0.6) is 0 Å². The molecule has 0 bridgehead atoms. The number of aryl methyl sites for hydroxylation is 1. The lowest BCUT2D eigenvalue weighted by Crippen LogP contribution is -2.24. The zero-order chi connectivity index (χ0) is 21.3. The van der Waals surface area contributed by atoms with E-state index in [9.17, 15) is 22.0 Å². The average molecular weight is 437 g/mol. The molecule has 0 saturated heterocycles. The lowest BCUT2D eigenvalue weighted by Gasteiger charge is -2.13. The van der Waals surface area contributed by atoms with Crippen LogP contribution in [0.3, 0.4) is 0 Å². The van der Waals surface area contributed by atoms with Crippen molar-refractivity contribution in [2.75, 3.05) is 19.4 Å². The van der Waals surface area contributed by atoms with Crippen LogP contribution in [-0.4, -0.2) is 37.7 Å². The number of amides is 1. The van der Waals surface area contributed by atoms with Gasteiger partial charge >= 0.3 is 0 Å². The first-order chi connectivity index (χ1) is 13.6. The predicted octanol–water partition coefficient (Wildman–Crippen LogP) is 3.90. The van der Waals surface area contributed by atoms with Crippen molar-refractivity contribution in [3.63, 3.8) is 0 Å². The number of sulfonamides is 1. The summed E-state index contributed by atoms with van der Waals surface area (Å²) in [5.41, 5.74) is 1.27. The van der Waals surface area contributed by atoms with Gasteiger partial charge in [0.05, 0.1) is 5.69 Å². The van der Waals surface area contributed by atoms with E-state index in [-0.39, 0.29) is 16.5 Å². The Labute approximate surface area is 170 Å². The van der Waals surface area contributed by atoms with Crippen LogP contribution in [0.25, 0.3) is 11.3 Å². The number of carbonyl (C=O) groups excluding carboxylic acids is 1. The van der Waals surface area contributed by atoms with Gasteiger partial charge in [0.15, 0.2) is 5.13 Å². The molecule has 6 nitrogen and oxygen atoms in total. The minimum Gasteiger partial charge on any atom is -0.298 e. The molecule has 1 aromatic heterocycles. The number of rotatable bonds is 5. The summed E-state index contributed by atoms with van der Waals surface area (Å²) in [5, 5.41) is 2.88. The number of hydrogen-bond donors (Lipinski definition) is 1. The highest BCUT2D eigenvalue weighted by molar-refractivity contribution is 7.89. The first kappa shape index (κ1) is 21.0. The van der Waals surface area contributed by atoms with Crippen molar-refractivity contribution in [2.45, 2.75) is 11.8 Å². The fourth-order valence-electron chi connectivity index (χ4n) is 2.53. The van der Waals surface area contributed by atoms with E-state index in [1.165, 1.54) is 43.6 Å². The summed E-state index contributed by atoms with van der Waals surface area (Å²) in [7, 11) is -1.49. The van der Waals surface area contributed by atoms with Gasteiger partial charge < -0.3 is 0 Å². The summed E-state index contributed by atoms with van der Waals surface area (Å²) in [6, 6.07) is 8.92. The highest BCUT2D eigenvalue weighted by atomic mass is 32.2. The number of thiazole rings is 1. The molecule has 29 heavy (non-hydrogen) atoms. The SMILES string of the molecule is Cc1sc(NC(=O)c2ccc(F)c(S(=O)(=O)N(C)C)c2)nc1-c1ccc(F)cc1. The number of carbonyl (C=O) groups is 1. The molecule has 0 atom stereocenters. The van der Waals surface area contributed by atoms with Crippen LogP contribution >= 0.6 is 11.3 Å². The second-order valence-corrected chi connectivity index (χ2v) is 9.64. The number of aromatic nitrogens is 1. The van der Waals surface area contributed by atoms with Gasteiger partial charge in [0.1, 0.15) is 16.5 Å². The van der Waals surface area contributed by atoms with Gasteiger partial charge in [-0.25, -0.2) is 26.5 Å². The van der Waals surface area contributed by atoms with E-state index in [0.29, 0.717) is 11.3 Å². The van der Waals surface area contributed by atoms with Gasteiger partial charge in [-0.15, -0.1) is 11.3 Å². The molecule has 1 heterocycles. The number of hydrogen-bond acceptors (Lipinski definition) is 5. The molecule has 0 saturated carbocycles. The van der Waals surface area contributed by atoms with Crippen molar-refractivity contribution in [3.8, 4) is 11.3 Å². The summed E-state index contributed by atoms with van der Waals surface area (Å²) in [6.45, 7) is 1.81. The summed E-state index contributed by atoms with van der Waals surface area (Å²) >= 11 is 1.22. The Morgan fingerprint density at radius 1 is 1.10 bits per heavy atom. The van der Waals surface area contributed by atoms with Crippen molar-refractivity contribution in [1.82, 2.24) is 9.29 Å². The second-order valence-electron chi connectivity index (χ2n) is 6.32. The minimum absolute atomic E-state index is 0.0250. The van der Waals surface area contributed by atoms with Crippen LogP contribution in [0.15, 0.2) is 47.4 Å². The quantitative estimate of drug-likeness (QED) is 0.657. The molecule has 0 aliphatic rings. The van der Waals surface area contributed by atoms with Gasteiger partial charge in [0, 0.05) is 30.1 Å². The summed E-state index contributed by atoms with van der Waals surface area (Å²) in [6.07, 6.45) is 0. The first-order valence-electron chi connectivity index (χ1n) is 8.36. The van der Waals surface area contributed by atoms with E-state index >= 15 is 0 Å². The minimum atomic E-state index is -4.04. The molecule has 3 rings (SSSR count). The van der Waals surface area contributed by atoms with Gasteiger partial charge in [-0.2, -0.15) is 0 Å². The predicted molar refractivity (Wildman–Crippen MR) is 107 cm³/mol. The van der Waals surface area contributed by atoms with Crippen LogP contribution < -0.4 is 5.32 Å². The monoisotopic (exact) mass is 437 g/mol. The van der Waals surface area contributed by atoms with Crippen molar-refractivity contribution in [3.05, 3.63) is 64.5 Å². The lowest BCUT2D eigenvalue weighted by molar-refractivity contribution is 0.102. The maximum absolute atomic E-state index is 14.0. The Hall–Kier alpha value is -2.69. The smallest absolute Gasteiger partial charge is 0.257 e. The van der Waals surface area contributed by atoms with Gasteiger partial charge in [0.25, 0.3) is 5.91 Å². The zero-order valence-corrected chi connectivity index (χ0v) is 17.4. The summed E-state index contributed by atoms with van der Waals surface area (Å²) in [4.78, 5) is 17.1. The third-order valence-electron chi connectivity index (χ3n) is 4.09. The van der Waals surface area contributed by atoms with Crippen LogP contribution in [0.1, 0.15) is 15.2 Å². The summed E-state index contributed by atoms with van der Waals surface area (Å²) < 4.78 is 52.5. The largest absolute Gasteiger partial charge is 0.298 e. The van der Waals surface area contributed by atoms with Crippen LogP contribution in [0.4, 0.5) is 13.9 Å². The van der Waals surface area contributed by atoms with E-state index in [1.807, 2.05) is 6.92 Å². The Balaban J connectivity index is 1.88. The first-order valence-corrected chi connectivity index (χ1v) is 10.6. The molecule has 10 heteroatoms. The van der Waals surface area contributed by atoms with Crippen LogP contribution in [0, 0.1) is 18.6 Å². The molecular formula is C19H17F2N3O3S2. The Kier molecular flexibility index (Phi) is 5.78. The number of benzene rings is 2. The fourth-order valence-corrected chi connectivity index (χ4v) is 4.35. The Morgan fingerprint density at radius 2 is 1.76 bits per heavy atom. The number of halogens is 2. The normalized spacial score (nSPS) is 11.7. The van der Waals surface area contributed by atoms with E-state index in [2.05, 4.69) is 10.3 Å². The molecule has 0 fully saturated rings. The maximum Gasteiger partial charge on any atom is 0.257 e. The molecule has 152 valence electrons. The van der Waals surface area contributed by atoms with E-state index in [0.717, 1.165) is 21.3 Å². The molecule has 0 radical (unpaired) electrons. The van der Waals surface area contributed by atoms with Crippen molar-refractivity contribution >= 4 is 32.4 Å². The van der Waals surface area contributed by atoms with Crippen molar-refractivity contribution in [2.24, 2.45) is 0 Å². The van der Waals surface area contributed by atoms with Gasteiger partial charge in [-0.1, -0.05) is 0 Å². The highest BCUT2D eigenvalue weighted by Gasteiger charge is 2.24. The topological polar surface area (TPSA) is 79.4 Å². The zero-order valence-electron chi connectivity index (χ0n) is 15.7. The van der Waals surface area contributed by atoms with E-state index in [1.54, 1.807) is 12.1 Å². The Morgan fingerprint density at radius 3 is 2.38 bits per heavy atom. The molecule has 0 unspecified atom stereocenters. The third kappa shape index (κ3) is 4.34. The van der Waals surface area contributed by atoms with Gasteiger partial charge in [-0.05, 0) is 49.4 Å². The fraction of sp³-hybridized carbons (Fsp3) is 0.158.